The molecule has 6 heteroatoms. The van der Waals surface area contributed by atoms with Gasteiger partial charge in [0.15, 0.2) is 11.5 Å². The first-order chi connectivity index (χ1) is 8.50. The highest BCUT2D eigenvalue weighted by molar-refractivity contribution is 5.72. The van der Waals surface area contributed by atoms with Gasteiger partial charge in [0.25, 0.3) is 0 Å². The fourth-order valence-corrected chi connectivity index (χ4v) is 1.44. The van der Waals surface area contributed by atoms with Crippen molar-refractivity contribution in [2.24, 2.45) is 0 Å². The smallest absolute Gasteiger partial charge is 0.469 e. The number of rotatable bonds is 3. The van der Waals surface area contributed by atoms with E-state index in [9.17, 15) is 13.6 Å². The Balaban J connectivity index is 2.07. The Kier molecular flexibility index (Phi) is 3.18. The molecule has 1 aromatic rings. The molecule has 0 radical (unpaired) electrons. The average Bonchev–Trinajstić information content (AvgIpc) is 2.62. The Labute approximate surface area is 102 Å². The van der Waals surface area contributed by atoms with Gasteiger partial charge in [0, 0.05) is 0 Å². The van der Waals surface area contributed by atoms with Gasteiger partial charge in [-0.05, 0) is 17.7 Å². The standard InChI is InChI=1S/C12H10F2O4/c1-16-11(15)4-2-3-8-5-6-9-10(7-8)18-12(13,14)17-9/h2-3,5-7H,4H2,1H3. The van der Waals surface area contributed by atoms with Crippen LogP contribution in [-0.2, 0) is 9.53 Å². The van der Waals surface area contributed by atoms with E-state index in [0.29, 0.717) is 5.56 Å². The molecule has 0 unspecified atom stereocenters. The SMILES string of the molecule is COC(=O)CC=Cc1ccc2c(c1)OC(F)(F)O2. The summed E-state index contributed by atoms with van der Waals surface area (Å²) in [5, 5.41) is 0. The second kappa shape index (κ2) is 4.64. The fraction of sp³-hybridized carbons (Fsp3) is 0.250. The first kappa shape index (κ1) is 12.3. The molecule has 0 atom stereocenters. The monoisotopic (exact) mass is 256 g/mol. The minimum absolute atomic E-state index is 0.00915. The van der Waals surface area contributed by atoms with Crippen LogP contribution in [0.2, 0.25) is 0 Å². The zero-order valence-electron chi connectivity index (χ0n) is 9.48. The van der Waals surface area contributed by atoms with E-state index in [2.05, 4.69) is 14.2 Å². The lowest BCUT2D eigenvalue weighted by atomic mass is 10.2. The molecule has 2 rings (SSSR count). The second-order valence-electron chi connectivity index (χ2n) is 3.56. The normalized spacial score (nSPS) is 15.9. The van der Waals surface area contributed by atoms with Gasteiger partial charge in [-0.25, -0.2) is 0 Å². The van der Waals surface area contributed by atoms with E-state index in [-0.39, 0.29) is 23.9 Å². The lowest BCUT2D eigenvalue weighted by Crippen LogP contribution is -2.25. The summed E-state index contributed by atoms with van der Waals surface area (Å²) in [7, 11) is 1.29. The molecule has 0 aliphatic carbocycles. The van der Waals surface area contributed by atoms with Gasteiger partial charge in [-0.15, -0.1) is 8.78 Å². The van der Waals surface area contributed by atoms with Crippen molar-refractivity contribution in [3.05, 3.63) is 29.8 Å². The highest BCUT2D eigenvalue weighted by atomic mass is 19.3. The average molecular weight is 256 g/mol. The molecular formula is C12H10F2O4. The van der Waals surface area contributed by atoms with E-state index >= 15 is 0 Å². The van der Waals surface area contributed by atoms with E-state index in [1.807, 2.05) is 0 Å². The summed E-state index contributed by atoms with van der Waals surface area (Å²) in [4.78, 5) is 10.9. The maximum atomic E-state index is 12.7. The number of carbonyl (C=O) groups is 1. The lowest BCUT2D eigenvalue weighted by Gasteiger charge is -2.04. The number of methoxy groups -OCH3 is 1. The summed E-state index contributed by atoms with van der Waals surface area (Å²) in [5.74, 6) is -0.413. The molecule has 0 N–H and O–H groups in total. The van der Waals surface area contributed by atoms with Crippen molar-refractivity contribution < 1.29 is 27.8 Å². The third-order valence-electron chi connectivity index (χ3n) is 2.25. The Morgan fingerprint density at radius 1 is 1.39 bits per heavy atom. The number of fused-ring (bicyclic) bond motifs is 1. The number of hydrogen-bond acceptors (Lipinski definition) is 4. The van der Waals surface area contributed by atoms with Crippen LogP contribution < -0.4 is 9.47 Å². The van der Waals surface area contributed by atoms with Gasteiger partial charge in [-0.1, -0.05) is 18.2 Å². The molecule has 1 aliphatic heterocycles. The Bertz CT molecular complexity index is 497. The number of benzene rings is 1. The maximum absolute atomic E-state index is 12.7. The number of alkyl halides is 2. The number of hydrogen-bond donors (Lipinski definition) is 0. The van der Waals surface area contributed by atoms with Crippen molar-refractivity contribution in [2.75, 3.05) is 7.11 Å². The van der Waals surface area contributed by atoms with Gasteiger partial charge in [-0.2, -0.15) is 0 Å². The van der Waals surface area contributed by atoms with Crippen molar-refractivity contribution in [1.29, 1.82) is 0 Å². The van der Waals surface area contributed by atoms with Crippen molar-refractivity contribution >= 4 is 12.0 Å². The quantitative estimate of drug-likeness (QED) is 0.780. The van der Waals surface area contributed by atoms with Gasteiger partial charge < -0.3 is 14.2 Å². The van der Waals surface area contributed by atoms with Crippen LogP contribution in [0.3, 0.4) is 0 Å². The van der Waals surface area contributed by atoms with E-state index in [4.69, 9.17) is 0 Å². The van der Waals surface area contributed by atoms with Gasteiger partial charge in [-0.3, -0.25) is 4.79 Å². The number of carbonyl (C=O) groups excluding carboxylic acids is 1. The van der Waals surface area contributed by atoms with Crippen molar-refractivity contribution in [2.45, 2.75) is 12.7 Å². The van der Waals surface area contributed by atoms with E-state index in [1.165, 1.54) is 19.2 Å². The summed E-state index contributed by atoms with van der Waals surface area (Å²) in [6.07, 6.45) is -0.323. The predicted molar refractivity (Wildman–Crippen MR) is 58.3 cm³/mol. The van der Waals surface area contributed by atoms with E-state index in [0.717, 1.165) is 0 Å². The third-order valence-corrected chi connectivity index (χ3v) is 2.25. The van der Waals surface area contributed by atoms with Crippen LogP contribution in [0.15, 0.2) is 24.3 Å². The van der Waals surface area contributed by atoms with E-state index < -0.39 is 6.29 Å². The topological polar surface area (TPSA) is 44.8 Å². The first-order valence-electron chi connectivity index (χ1n) is 5.13. The van der Waals surface area contributed by atoms with Crippen LogP contribution in [0.1, 0.15) is 12.0 Å². The molecule has 96 valence electrons. The Hall–Kier alpha value is -2.11. The maximum Gasteiger partial charge on any atom is 0.586 e. The zero-order chi connectivity index (χ0) is 13.2. The fourth-order valence-electron chi connectivity index (χ4n) is 1.44. The molecule has 0 spiro atoms. The zero-order valence-corrected chi connectivity index (χ0v) is 9.48. The first-order valence-corrected chi connectivity index (χ1v) is 5.13. The van der Waals surface area contributed by atoms with Gasteiger partial charge in [0.1, 0.15) is 0 Å². The van der Waals surface area contributed by atoms with Crippen LogP contribution in [0, 0.1) is 0 Å². The number of esters is 1. The molecular weight excluding hydrogens is 246 g/mol. The second-order valence-corrected chi connectivity index (χ2v) is 3.56. The van der Waals surface area contributed by atoms with Crippen molar-refractivity contribution in [3.63, 3.8) is 0 Å². The largest absolute Gasteiger partial charge is 0.586 e. The van der Waals surface area contributed by atoms with Crippen molar-refractivity contribution in [1.82, 2.24) is 0 Å². The minimum Gasteiger partial charge on any atom is -0.469 e. The molecule has 0 saturated heterocycles. The summed E-state index contributed by atoms with van der Waals surface area (Å²) in [6.45, 7) is 0. The van der Waals surface area contributed by atoms with Crippen LogP contribution in [0.4, 0.5) is 8.78 Å². The summed E-state index contributed by atoms with van der Waals surface area (Å²) in [5.41, 5.74) is 0.624. The van der Waals surface area contributed by atoms with E-state index in [1.54, 1.807) is 18.2 Å². The molecule has 0 saturated carbocycles. The molecule has 1 heterocycles. The summed E-state index contributed by atoms with van der Waals surface area (Å²) >= 11 is 0. The molecule has 0 bridgehead atoms. The summed E-state index contributed by atoms with van der Waals surface area (Å²) < 4.78 is 38.5. The molecule has 18 heavy (non-hydrogen) atoms. The van der Waals surface area contributed by atoms with Gasteiger partial charge in [0.2, 0.25) is 0 Å². The Morgan fingerprint density at radius 3 is 2.83 bits per heavy atom. The van der Waals surface area contributed by atoms with Crippen molar-refractivity contribution in [3.8, 4) is 11.5 Å². The summed E-state index contributed by atoms with van der Waals surface area (Å²) in [6, 6.07) is 4.37. The van der Waals surface area contributed by atoms with Gasteiger partial charge >= 0.3 is 12.3 Å². The molecule has 4 nitrogen and oxygen atoms in total. The van der Waals surface area contributed by atoms with Crippen LogP contribution in [-0.4, -0.2) is 19.4 Å². The van der Waals surface area contributed by atoms with Crippen LogP contribution in [0.5, 0.6) is 11.5 Å². The van der Waals surface area contributed by atoms with Crippen LogP contribution >= 0.6 is 0 Å². The predicted octanol–water partition coefficient (Wildman–Crippen LogP) is 2.58. The molecule has 1 aromatic carbocycles. The number of ether oxygens (including phenoxy) is 3. The highest BCUT2D eigenvalue weighted by Gasteiger charge is 2.43. The molecule has 0 amide bonds. The molecule has 0 fully saturated rings. The van der Waals surface area contributed by atoms with Gasteiger partial charge in [0.05, 0.1) is 13.5 Å². The number of halogens is 2. The highest BCUT2D eigenvalue weighted by Crippen LogP contribution is 2.41. The third kappa shape index (κ3) is 2.77. The molecule has 1 aliphatic rings. The van der Waals surface area contributed by atoms with Crippen LogP contribution in [0.25, 0.3) is 6.08 Å². The lowest BCUT2D eigenvalue weighted by molar-refractivity contribution is -0.286. The molecule has 0 aromatic heterocycles. The Morgan fingerprint density at radius 2 is 2.11 bits per heavy atom. The minimum atomic E-state index is -3.61.